The van der Waals surface area contributed by atoms with Crippen molar-refractivity contribution in [3.05, 3.63) is 47.3 Å². The fraction of sp³-hybridized carbons (Fsp3) is 0.478. The zero-order chi connectivity index (χ0) is 22.0. The first-order valence-corrected chi connectivity index (χ1v) is 11.0. The van der Waals surface area contributed by atoms with E-state index in [1.54, 1.807) is 17.3 Å². The SMILES string of the molecule is CCC(C)CC(=O)NC1CCc2cccc3c2N(C1=O)C(C(=O)NCc1cn[nH]c1)C3. The van der Waals surface area contributed by atoms with Gasteiger partial charge in [0.2, 0.25) is 17.7 Å². The van der Waals surface area contributed by atoms with Crippen LogP contribution in [0.2, 0.25) is 0 Å². The van der Waals surface area contributed by atoms with Crippen molar-refractivity contribution in [2.45, 2.75) is 64.6 Å². The average Bonchev–Trinajstić information content (AvgIpc) is 3.39. The molecule has 0 spiro atoms. The van der Waals surface area contributed by atoms with Crippen LogP contribution in [0.4, 0.5) is 5.69 Å². The summed E-state index contributed by atoms with van der Waals surface area (Å²) >= 11 is 0. The number of nitrogens with one attached hydrogen (secondary N) is 3. The maximum Gasteiger partial charge on any atom is 0.250 e. The fourth-order valence-electron chi connectivity index (χ4n) is 4.37. The Balaban J connectivity index is 1.55. The van der Waals surface area contributed by atoms with Crippen molar-refractivity contribution in [1.82, 2.24) is 20.8 Å². The van der Waals surface area contributed by atoms with E-state index in [1.165, 1.54) is 0 Å². The number of hydrogen-bond donors (Lipinski definition) is 3. The van der Waals surface area contributed by atoms with Gasteiger partial charge in [-0.05, 0) is 29.9 Å². The van der Waals surface area contributed by atoms with E-state index in [9.17, 15) is 14.4 Å². The van der Waals surface area contributed by atoms with Crippen LogP contribution >= 0.6 is 0 Å². The van der Waals surface area contributed by atoms with E-state index in [1.807, 2.05) is 32.0 Å². The zero-order valence-corrected chi connectivity index (χ0v) is 18.0. The van der Waals surface area contributed by atoms with Gasteiger partial charge in [-0.25, -0.2) is 0 Å². The highest BCUT2D eigenvalue weighted by Crippen LogP contribution is 2.39. The van der Waals surface area contributed by atoms with Crippen LogP contribution in [-0.2, 0) is 33.8 Å². The van der Waals surface area contributed by atoms with Crippen LogP contribution in [0, 0.1) is 5.92 Å². The largest absolute Gasteiger partial charge is 0.350 e. The molecule has 3 N–H and O–H groups in total. The summed E-state index contributed by atoms with van der Waals surface area (Å²) in [4.78, 5) is 40.7. The topological polar surface area (TPSA) is 107 Å². The van der Waals surface area contributed by atoms with Crippen molar-refractivity contribution in [2.75, 3.05) is 4.90 Å². The van der Waals surface area contributed by atoms with Gasteiger partial charge in [0.15, 0.2) is 0 Å². The van der Waals surface area contributed by atoms with E-state index >= 15 is 0 Å². The van der Waals surface area contributed by atoms with Crippen molar-refractivity contribution < 1.29 is 14.4 Å². The first-order valence-electron chi connectivity index (χ1n) is 11.0. The van der Waals surface area contributed by atoms with Crippen LogP contribution < -0.4 is 15.5 Å². The van der Waals surface area contributed by atoms with Gasteiger partial charge in [0.05, 0.1) is 11.9 Å². The van der Waals surface area contributed by atoms with E-state index in [0.717, 1.165) is 28.8 Å². The summed E-state index contributed by atoms with van der Waals surface area (Å²) in [5.74, 6) is -0.259. The third-order valence-electron chi connectivity index (χ3n) is 6.30. The summed E-state index contributed by atoms with van der Waals surface area (Å²) in [5.41, 5.74) is 3.76. The van der Waals surface area contributed by atoms with Crippen LogP contribution in [0.25, 0.3) is 0 Å². The number of aromatic nitrogens is 2. The van der Waals surface area contributed by atoms with Gasteiger partial charge in [0.25, 0.3) is 0 Å². The Morgan fingerprint density at radius 2 is 2.13 bits per heavy atom. The maximum atomic E-state index is 13.5. The number of hydrogen-bond acceptors (Lipinski definition) is 4. The summed E-state index contributed by atoms with van der Waals surface area (Å²) in [6.07, 6.45) is 6.37. The Hall–Kier alpha value is -3.16. The van der Waals surface area contributed by atoms with E-state index < -0.39 is 12.1 Å². The van der Waals surface area contributed by atoms with Crippen molar-refractivity contribution in [3.8, 4) is 0 Å². The standard InChI is InChI=1S/C23H29N5O3/c1-3-14(2)9-20(29)27-18-8-7-16-5-4-6-17-10-19(28(21(16)17)23(18)31)22(30)24-11-15-12-25-26-13-15/h4-6,12-14,18-19H,3,7-11H2,1-2H3,(H,24,30)(H,25,26)(H,27,29). The van der Waals surface area contributed by atoms with Crippen LogP contribution in [-0.4, -0.2) is 40.0 Å². The highest BCUT2D eigenvalue weighted by atomic mass is 16.2. The lowest BCUT2D eigenvalue weighted by atomic mass is 10.0. The normalized spacial score (nSPS) is 20.7. The molecular formula is C23H29N5O3. The molecule has 3 unspecified atom stereocenters. The Kier molecular flexibility index (Phi) is 6.06. The van der Waals surface area contributed by atoms with Crippen LogP contribution in [0.3, 0.4) is 0 Å². The van der Waals surface area contributed by atoms with Gasteiger partial charge in [-0.2, -0.15) is 5.10 Å². The van der Waals surface area contributed by atoms with Gasteiger partial charge in [-0.1, -0.05) is 38.5 Å². The zero-order valence-electron chi connectivity index (χ0n) is 18.0. The number of aryl methyl sites for hydroxylation is 1. The number of para-hydroxylation sites is 1. The fourth-order valence-corrected chi connectivity index (χ4v) is 4.37. The van der Waals surface area contributed by atoms with Crippen molar-refractivity contribution >= 4 is 23.4 Å². The molecule has 4 rings (SSSR count). The Morgan fingerprint density at radius 3 is 2.87 bits per heavy atom. The first kappa shape index (κ1) is 21.1. The number of benzene rings is 1. The molecule has 3 atom stereocenters. The predicted octanol–water partition coefficient (Wildman–Crippen LogP) is 1.85. The molecule has 0 saturated heterocycles. The molecule has 0 radical (unpaired) electrons. The third kappa shape index (κ3) is 4.33. The number of aromatic amines is 1. The van der Waals surface area contributed by atoms with Gasteiger partial charge < -0.3 is 10.6 Å². The van der Waals surface area contributed by atoms with Gasteiger partial charge in [-0.3, -0.25) is 24.4 Å². The number of anilines is 1. The second-order valence-electron chi connectivity index (χ2n) is 8.55. The van der Waals surface area contributed by atoms with E-state index in [-0.39, 0.29) is 23.6 Å². The average molecular weight is 424 g/mol. The molecule has 8 nitrogen and oxygen atoms in total. The minimum Gasteiger partial charge on any atom is -0.350 e. The highest BCUT2D eigenvalue weighted by Gasteiger charge is 2.43. The summed E-state index contributed by atoms with van der Waals surface area (Å²) in [6.45, 7) is 4.41. The van der Waals surface area contributed by atoms with E-state index in [2.05, 4.69) is 20.8 Å². The highest BCUT2D eigenvalue weighted by molar-refractivity contribution is 6.07. The number of amides is 3. The smallest absolute Gasteiger partial charge is 0.250 e. The van der Waals surface area contributed by atoms with Crippen LogP contribution in [0.1, 0.15) is 49.8 Å². The molecule has 31 heavy (non-hydrogen) atoms. The molecule has 0 saturated carbocycles. The lowest BCUT2D eigenvalue weighted by Crippen LogP contribution is -2.54. The maximum absolute atomic E-state index is 13.5. The number of carbonyl (C=O) groups excluding carboxylic acids is 3. The third-order valence-corrected chi connectivity index (χ3v) is 6.30. The van der Waals surface area contributed by atoms with Gasteiger partial charge in [0.1, 0.15) is 12.1 Å². The van der Waals surface area contributed by atoms with Crippen molar-refractivity contribution in [2.24, 2.45) is 5.92 Å². The predicted molar refractivity (Wildman–Crippen MR) is 116 cm³/mol. The number of rotatable bonds is 7. The molecule has 2 aromatic rings. The lowest BCUT2D eigenvalue weighted by Gasteiger charge is -2.28. The van der Waals surface area contributed by atoms with E-state index in [0.29, 0.717) is 32.2 Å². The van der Waals surface area contributed by atoms with Gasteiger partial charge >= 0.3 is 0 Å². The molecule has 0 fully saturated rings. The molecule has 0 bridgehead atoms. The van der Waals surface area contributed by atoms with Crippen LogP contribution in [0.5, 0.6) is 0 Å². The molecule has 3 heterocycles. The number of nitrogens with zero attached hydrogens (tertiary/aromatic N) is 2. The minimum absolute atomic E-state index is 0.112. The van der Waals surface area contributed by atoms with Crippen LogP contribution in [0.15, 0.2) is 30.6 Å². The molecule has 3 amide bonds. The molecule has 0 aliphatic carbocycles. The van der Waals surface area contributed by atoms with Gasteiger partial charge in [-0.15, -0.1) is 0 Å². The molecular weight excluding hydrogens is 394 g/mol. The summed E-state index contributed by atoms with van der Waals surface area (Å²) in [6, 6.07) is 4.71. The summed E-state index contributed by atoms with van der Waals surface area (Å²) < 4.78 is 0. The molecule has 2 aliphatic rings. The molecule has 1 aromatic carbocycles. The second kappa shape index (κ2) is 8.91. The monoisotopic (exact) mass is 423 g/mol. The molecule has 8 heteroatoms. The first-order chi connectivity index (χ1) is 15.0. The van der Waals surface area contributed by atoms with Gasteiger partial charge in [0, 0.05) is 31.1 Å². The van der Waals surface area contributed by atoms with Crippen molar-refractivity contribution in [3.63, 3.8) is 0 Å². The second-order valence-corrected chi connectivity index (χ2v) is 8.55. The Labute approximate surface area is 181 Å². The molecule has 164 valence electrons. The van der Waals surface area contributed by atoms with E-state index in [4.69, 9.17) is 0 Å². The quantitative estimate of drug-likeness (QED) is 0.632. The van der Waals surface area contributed by atoms with Crippen molar-refractivity contribution in [1.29, 1.82) is 0 Å². The summed E-state index contributed by atoms with van der Waals surface area (Å²) in [7, 11) is 0. The molecule has 2 aliphatic heterocycles. The number of carbonyl (C=O) groups is 3. The Bertz CT molecular complexity index is 972. The molecule has 1 aromatic heterocycles. The minimum atomic E-state index is -0.626. The lowest BCUT2D eigenvalue weighted by molar-refractivity contribution is -0.129. The summed E-state index contributed by atoms with van der Waals surface area (Å²) in [5, 5.41) is 12.5. The Morgan fingerprint density at radius 1 is 1.32 bits per heavy atom. The number of H-pyrrole nitrogens is 1.